The van der Waals surface area contributed by atoms with E-state index in [1.165, 1.54) is 6.07 Å². The molecule has 0 atom stereocenters. The van der Waals surface area contributed by atoms with Gasteiger partial charge in [-0.05, 0) is 18.2 Å². The summed E-state index contributed by atoms with van der Waals surface area (Å²) in [5.74, 6) is -0.786. The van der Waals surface area contributed by atoms with Crippen molar-refractivity contribution in [1.29, 1.82) is 0 Å². The third-order valence-electron chi connectivity index (χ3n) is 3.19. The second kappa shape index (κ2) is 3.91. The van der Waals surface area contributed by atoms with Gasteiger partial charge in [-0.25, -0.2) is 4.79 Å². The predicted octanol–water partition coefficient (Wildman–Crippen LogP) is 2.58. The maximum Gasteiger partial charge on any atom is 0.352 e. The van der Waals surface area contributed by atoms with Gasteiger partial charge in [0.05, 0.1) is 5.52 Å². The van der Waals surface area contributed by atoms with Gasteiger partial charge in [-0.2, -0.15) is 0 Å². The number of para-hydroxylation sites is 1. The topological polar surface area (TPSA) is 78.2 Å². The summed E-state index contributed by atoms with van der Waals surface area (Å²) in [5, 5.41) is 19.7. The lowest BCUT2D eigenvalue weighted by atomic mass is 10.1. The van der Waals surface area contributed by atoms with Crippen LogP contribution >= 0.6 is 0 Å². The van der Waals surface area contributed by atoms with Gasteiger partial charge in [0.25, 0.3) is 0 Å². The van der Waals surface area contributed by atoms with Gasteiger partial charge in [-0.1, -0.05) is 12.1 Å². The van der Waals surface area contributed by atoms with Gasteiger partial charge in [0.2, 0.25) is 0 Å². The highest BCUT2D eigenvalue weighted by molar-refractivity contribution is 5.99. The normalized spacial score (nSPS) is 11.0. The molecule has 0 aliphatic carbocycles. The Labute approximate surface area is 108 Å². The molecule has 5 nitrogen and oxygen atoms in total. The van der Waals surface area contributed by atoms with Gasteiger partial charge in [-0.3, -0.25) is 0 Å². The zero-order valence-corrected chi connectivity index (χ0v) is 10.2. The SMILES string of the molecule is Cn1cc(-c2ccc(C(=O)O)[nH]2)c2cccc(O)c21. The maximum absolute atomic E-state index is 10.9. The molecule has 5 heteroatoms. The fourth-order valence-corrected chi connectivity index (χ4v) is 2.34. The molecule has 0 amide bonds. The van der Waals surface area contributed by atoms with Crippen LogP contribution in [0.1, 0.15) is 10.5 Å². The summed E-state index contributed by atoms with van der Waals surface area (Å²) in [5.41, 5.74) is 2.45. The number of aromatic amines is 1. The van der Waals surface area contributed by atoms with E-state index in [0.717, 1.165) is 16.5 Å². The molecule has 3 N–H and O–H groups in total. The highest BCUT2D eigenvalue weighted by atomic mass is 16.4. The second-order valence-electron chi connectivity index (χ2n) is 4.42. The summed E-state index contributed by atoms with van der Waals surface area (Å²) in [6.07, 6.45) is 1.86. The Morgan fingerprint density at radius 3 is 2.74 bits per heavy atom. The Hall–Kier alpha value is -2.69. The van der Waals surface area contributed by atoms with Gasteiger partial charge in [0, 0.05) is 29.9 Å². The first-order valence-electron chi connectivity index (χ1n) is 5.77. The molecule has 0 fully saturated rings. The fourth-order valence-electron chi connectivity index (χ4n) is 2.34. The maximum atomic E-state index is 10.9. The number of benzene rings is 1. The number of nitrogens with zero attached hydrogens (tertiary/aromatic N) is 1. The Balaban J connectivity index is 2.25. The number of fused-ring (bicyclic) bond motifs is 1. The first kappa shape index (κ1) is 11.4. The van der Waals surface area contributed by atoms with E-state index in [9.17, 15) is 9.90 Å². The van der Waals surface area contributed by atoms with Crippen LogP contribution in [0.5, 0.6) is 5.75 Å². The molecule has 3 aromatic rings. The van der Waals surface area contributed by atoms with Crippen molar-refractivity contribution < 1.29 is 15.0 Å². The molecule has 2 heterocycles. The highest BCUT2D eigenvalue weighted by Crippen LogP contribution is 2.33. The van der Waals surface area contributed by atoms with Gasteiger partial charge >= 0.3 is 5.97 Å². The predicted molar refractivity (Wildman–Crippen MR) is 71.3 cm³/mol. The Bertz CT molecular complexity index is 783. The van der Waals surface area contributed by atoms with E-state index in [1.54, 1.807) is 18.2 Å². The quantitative estimate of drug-likeness (QED) is 0.659. The second-order valence-corrected chi connectivity index (χ2v) is 4.42. The average molecular weight is 256 g/mol. The third-order valence-corrected chi connectivity index (χ3v) is 3.19. The van der Waals surface area contributed by atoms with E-state index < -0.39 is 5.97 Å². The van der Waals surface area contributed by atoms with Crippen molar-refractivity contribution in [1.82, 2.24) is 9.55 Å². The summed E-state index contributed by atoms with van der Waals surface area (Å²) in [6.45, 7) is 0. The smallest absolute Gasteiger partial charge is 0.352 e. The lowest BCUT2D eigenvalue weighted by Crippen LogP contribution is -1.95. The summed E-state index contributed by atoms with van der Waals surface area (Å²) >= 11 is 0. The molecule has 19 heavy (non-hydrogen) atoms. The fraction of sp³-hybridized carbons (Fsp3) is 0.0714. The van der Waals surface area contributed by atoms with E-state index in [-0.39, 0.29) is 11.4 Å². The van der Waals surface area contributed by atoms with Crippen molar-refractivity contribution in [3.63, 3.8) is 0 Å². The molecule has 0 spiro atoms. The van der Waals surface area contributed by atoms with Crippen molar-refractivity contribution in [2.75, 3.05) is 0 Å². The summed E-state index contributed by atoms with van der Waals surface area (Å²) < 4.78 is 1.82. The van der Waals surface area contributed by atoms with E-state index in [1.807, 2.05) is 23.9 Å². The van der Waals surface area contributed by atoms with Crippen LogP contribution in [0, 0.1) is 0 Å². The van der Waals surface area contributed by atoms with Crippen LogP contribution in [-0.2, 0) is 7.05 Å². The molecule has 1 aromatic carbocycles. The molecule has 0 aliphatic rings. The number of carboxylic acid groups (broad SMARTS) is 1. The zero-order valence-electron chi connectivity index (χ0n) is 10.2. The standard InChI is InChI=1S/C14H12N2O3/c1-16-7-9(8-3-2-4-12(17)13(8)16)10-5-6-11(15-10)14(18)19/h2-7,15,17H,1H3,(H,18,19). The van der Waals surface area contributed by atoms with Crippen LogP contribution in [-0.4, -0.2) is 25.7 Å². The lowest BCUT2D eigenvalue weighted by molar-refractivity contribution is 0.0691. The van der Waals surface area contributed by atoms with E-state index in [2.05, 4.69) is 4.98 Å². The number of phenolic OH excluding ortho intramolecular Hbond substituents is 1. The molecular formula is C14H12N2O3. The van der Waals surface area contributed by atoms with Crippen LogP contribution < -0.4 is 0 Å². The number of aryl methyl sites for hydroxylation is 1. The van der Waals surface area contributed by atoms with Gasteiger partial charge < -0.3 is 19.8 Å². The minimum atomic E-state index is -0.991. The Kier molecular flexibility index (Phi) is 2.35. The molecule has 96 valence electrons. The number of aromatic carboxylic acids is 1. The van der Waals surface area contributed by atoms with Gasteiger partial charge in [-0.15, -0.1) is 0 Å². The third kappa shape index (κ3) is 1.67. The molecule has 0 aliphatic heterocycles. The molecule has 0 radical (unpaired) electrons. The van der Waals surface area contributed by atoms with Gasteiger partial charge in [0.1, 0.15) is 11.4 Å². The molecule has 3 rings (SSSR count). The number of aromatic nitrogens is 2. The molecule has 2 aromatic heterocycles. The van der Waals surface area contributed by atoms with Crippen LogP contribution in [0.15, 0.2) is 36.5 Å². The van der Waals surface area contributed by atoms with E-state index >= 15 is 0 Å². The first-order chi connectivity index (χ1) is 9.08. The van der Waals surface area contributed by atoms with Crippen LogP contribution in [0.25, 0.3) is 22.2 Å². The number of carboxylic acids is 1. The number of phenols is 1. The van der Waals surface area contributed by atoms with Crippen LogP contribution in [0.4, 0.5) is 0 Å². The average Bonchev–Trinajstić information content (AvgIpc) is 2.95. The molecule has 0 bridgehead atoms. The Morgan fingerprint density at radius 1 is 1.26 bits per heavy atom. The largest absolute Gasteiger partial charge is 0.506 e. The van der Waals surface area contributed by atoms with Gasteiger partial charge in [0.15, 0.2) is 0 Å². The van der Waals surface area contributed by atoms with Crippen LogP contribution in [0.3, 0.4) is 0 Å². The molecule has 0 unspecified atom stereocenters. The van der Waals surface area contributed by atoms with E-state index in [0.29, 0.717) is 5.69 Å². The summed E-state index contributed by atoms with van der Waals surface area (Å²) in [7, 11) is 1.84. The number of carbonyl (C=O) groups is 1. The van der Waals surface area contributed by atoms with Crippen LogP contribution in [0.2, 0.25) is 0 Å². The number of nitrogens with one attached hydrogen (secondary N) is 1. The molecular weight excluding hydrogens is 244 g/mol. The zero-order chi connectivity index (χ0) is 13.6. The monoisotopic (exact) mass is 256 g/mol. The summed E-state index contributed by atoms with van der Waals surface area (Å²) in [4.78, 5) is 13.8. The highest BCUT2D eigenvalue weighted by Gasteiger charge is 2.14. The van der Waals surface area contributed by atoms with Crippen molar-refractivity contribution in [2.24, 2.45) is 7.05 Å². The minimum absolute atomic E-state index is 0.146. The van der Waals surface area contributed by atoms with E-state index in [4.69, 9.17) is 5.11 Å². The van der Waals surface area contributed by atoms with Crippen molar-refractivity contribution in [3.8, 4) is 17.0 Å². The molecule has 0 saturated heterocycles. The van der Waals surface area contributed by atoms with Crippen molar-refractivity contribution >= 4 is 16.9 Å². The number of aromatic hydroxyl groups is 1. The number of hydrogen-bond acceptors (Lipinski definition) is 2. The Morgan fingerprint density at radius 2 is 2.05 bits per heavy atom. The minimum Gasteiger partial charge on any atom is -0.506 e. The molecule has 0 saturated carbocycles. The van der Waals surface area contributed by atoms with Crippen molar-refractivity contribution in [2.45, 2.75) is 0 Å². The number of rotatable bonds is 2. The lowest BCUT2D eigenvalue weighted by Gasteiger charge is -1.98. The first-order valence-corrected chi connectivity index (χ1v) is 5.77. The number of hydrogen-bond donors (Lipinski definition) is 3. The summed E-state index contributed by atoms with van der Waals surface area (Å²) in [6, 6.07) is 8.54. The van der Waals surface area contributed by atoms with Crippen molar-refractivity contribution in [3.05, 3.63) is 42.2 Å². The number of H-pyrrole nitrogens is 1.